The molecule has 1 aromatic carbocycles. The fourth-order valence-electron chi connectivity index (χ4n) is 1.21. The molecule has 17 heavy (non-hydrogen) atoms. The molecule has 0 aliphatic carbocycles. The zero-order chi connectivity index (χ0) is 12.7. The Bertz CT molecular complexity index is 400. The van der Waals surface area contributed by atoms with Crippen molar-refractivity contribution < 1.29 is 24.1 Å². The smallest absolute Gasteiger partial charge is 0.339 e. The summed E-state index contributed by atoms with van der Waals surface area (Å²) >= 11 is 0. The van der Waals surface area contributed by atoms with Crippen molar-refractivity contribution in [2.24, 2.45) is 0 Å². The van der Waals surface area contributed by atoms with E-state index in [9.17, 15) is 4.79 Å². The first-order chi connectivity index (χ1) is 8.20. The Balaban J connectivity index is 3.04. The number of para-hydroxylation sites is 1. The van der Waals surface area contributed by atoms with Crippen molar-refractivity contribution >= 4 is 5.97 Å². The highest BCUT2D eigenvalue weighted by Gasteiger charge is 2.16. The van der Waals surface area contributed by atoms with Crippen LogP contribution in [0.25, 0.3) is 0 Å². The molecule has 0 saturated heterocycles. The highest BCUT2D eigenvalue weighted by atomic mass is 16.7. The first kappa shape index (κ1) is 13.1. The Kier molecular flexibility index (Phi) is 5.03. The summed E-state index contributed by atoms with van der Waals surface area (Å²) in [4.78, 5) is 11.0. The van der Waals surface area contributed by atoms with Crippen LogP contribution in [-0.4, -0.2) is 31.6 Å². The number of benzene rings is 1. The molecule has 0 bridgehead atoms. The minimum Gasteiger partial charge on any atom is -0.486 e. The lowest BCUT2D eigenvalue weighted by Gasteiger charge is -2.13. The van der Waals surface area contributed by atoms with Gasteiger partial charge in [-0.1, -0.05) is 18.7 Å². The molecule has 1 aromatic rings. The molecule has 1 N–H and O–H groups in total. The number of methoxy groups -OCH3 is 1. The number of aromatic carboxylic acids is 1. The Morgan fingerprint density at radius 2 is 2.24 bits per heavy atom. The van der Waals surface area contributed by atoms with E-state index in [2.05, 4.69) is 6.58 Å². The third-order valence-corrected chi connectivity index (χ3v) is 1.89. The highest BCUT2D eigenvalue weighted by Crippen LogP contribution is 2.31. The molecular weight excluding hydrogens is 224 g/mol. The predicted octanol–water partition coefficient (Wildman–Crippen LogP) is 1.93. The molecular formula is C12H14O5. The van der Waals surface area contributed by atoms with Gasteiger partial charge in [-0.05, 0) is 12.1 Å². The van der Waals surface area contributed by atoms with Crippen LogP contribution in [0.3, 0.4) is 0 Å². The van der Waals surface area contributed by atoms with E-state index in [0.29, 0.717) is 5.75 Å². The van der Waals surface area contributed by atoms with Crippen molar-refractivity contribution in [3.63, 3.8) is 0 Å². The van der Waals surface area contributed by atoms with Crippen molar-refractivity contribution in [1.29, 1.82) is 0 Å². The molecule has 1 rings (SSSR count). The second-order valence-electron chi connectivity index (χ2n) is 3.09. The molecule has 0 amide bonds. The number of ether oxygens (including phenoxy) is 3. The molecule has 5 heteroatoms. The van der Waals surface area contributed by atoms with Crippen LogP contribution in [0, 0.1) is 0 Å². The molecule has 0 saturated carbocycles. The van der Waals surface area contributed by atoms with Gasteiger partial charge in [0.25, 0.3) is 0 Å². The van der Waals surface area contributed by atoms with Gasteiger partial charge in [0, 0.05) is 7.11 Å². The number of carboxylic acids is 1. The molecule has 5 nitrogen and oxygen atoms in total. The lowest BCUT2D eigenvalue weighted by molar-refractivity contribution is 0.0461. The molecule has 0 aromatic heterocycles. The van der Waals surface area contributed by atoms with Crippen LogP contribution in [0.4, 0.5) is 0 Å². The van der Waals surface area contributed by atoms with Gasteiger partial charge in [0.05, 0.1) is 0 Å². The SMILES string of the molecule is C=CCOc1cccc(C(=O)O)c1OCOC. The first-order valence-corrected chi connectivity index (χ1v) is 4.92. The normalized spacial score (nSPS) is 9.71. The summed E-state index contributed by atoms with van der Waals surface area (Å²) < 4.78 is 15.3. The van der Waals surface area contributed by atoms with Gasteiger partial charge in [0.1, 0.15) is 12.2 Å². The van der Waals surface area contributed by atoms with Gasteiger partial charge in [-0.3, -0.25) is 0 Å². The minimum absolute atomic E-state index is 0.0311. The van der Waals surface area contributed by atoms with Gasteiger partial charge in [0.15, 0.2) is 18.3 Å². The monoisotopic (exact) mass is 238 g/mol. The van der Waals surface area contributed by atoms with Gasteiger partial charge in [-0.2, -0.15) is 0 Å². The number of carboxylic acid groups (broad SMARTS) is 1. The van der Waals surface area contributed by atoms with Crippen LogP contribution < -0.4 is 9.47 Å². The largest absolute Gasteiger partial charge is 0.486 e. The predicted molar refractivity (Wildman–Crippen MR) is 61.6 cm³/mol. The molecule has 0 aliphatic heterocycles. The molecule has 0 fully saturated rings. The summed E-state index contributed by atoms with van der Waals surface area (Å²) in [7, 11) is 1.45. The van der Waals surface area contributed by atoms with Crippen molar-refractivity contribution in [2.45, 2.75) is 0 Å². The lowest BCUT2D eigenvalue weighted by Crippen LogP contribution is -2.08. The Labute approximate surface area is 99.2 Å². The molecule has 0 heterocycles. The third-order valence-electron chi connectivity index (χ3n) is 1.89. The maximum atomic E-state index is 11.0. The Morgan fingerprint density at radius 1 is 1.47 bits per heavy atom. The van der Waals surface area contributed by atoms with Gasteiger partial charge in [-0.15, -0.1) is 0 Å². The number of hydrogen-bond acceptors (Lipinski definition) is 4. The fourth-order valence-corrected chi connectivity index (χ4v) is 1.21. The highest BCUT2D eigenvalue weighted by molar-refractivity contribution is 5.92. The third kappa shape index (κ3) is 3.49. The van der Waals surface area contributed by atoms with Crippen LogP contribution in [0.2, 0.25) is 0 Å². The quantitative estimate of drug-likeness (QED) is 0.580. The van der Waals surface area contributed by atoms with E-state index in [1.165, 1.54) is 13.2 Å². The van der Waals surface area contributed by atoms with Crippen molar-refractivity contribution in [1.82, 2.24) is 0 Å². The Hall–Kier alpha value is -2.01. The maximum absolute atomic E-state index is 11.0. The molecule has 0 aliphatic rings. The van der Waals surface area contributed by atoms with E-state index in [0.717, 1.165) is 0 Å². The molecule has 0 radical (unpaired) electrons. The van der Waals surface area contributed by atoms with Crippen molar-refractivity contribution in [3.05, 3.63) is 36.4 Å². The first-order valence-electron chi connectivity index (χ1n) is 4.92. The second kappa shape index (κ2) is 6.55. The average molecular weight is 238 g/mol. The second-order valence-corrected chi connectivity index (χ2v) is 3.09. The fraction of sp³-hybridized carbons (Fsp3) is 0.250. The zero-order valence-corrected chi connectivity index (χ0v) is 9.51. The van der Waals surface area contributed by atoms with Gasteiger partial charge >= 0.3 is 5.97 Å². The number of rotatable bonds is 7. The van der Waals surface area contributed by atoms with Gasteiger partial charge in [0.2, 0.25) is 0 Å². The van der Waals surface area contributed by atoms with E-state index < -0.39 is 5.97 Å². The zero-order valence-electron chi connectivity index (χ0n) is 9.51. The maximum Gasteiger partial charge on any atom is 0.339 e. The molecule has 0 atom stereocenters. The standard InChI is InChI=1S/C12H14O5/c1-3-7-16-10-6-4-5-9(12(13)14)11(10)17-8-15-2/h3-6H,1,7-8H2,2H3,(H,13,14). The van der Waals surface area contributed by atoms with E-state index >= 15 is 0 Å². The summed E-state index contributed by atoms with van der Waals surface area (Å²) in [5, 5.41) is 9.02. The van der Waals surface area contributed by atoms with E-state index in [1.807, 2.05) is 0 Å². The van der Waals surface area contributed by atoms with Crippen LogP contribution >= 0.6 is 0 Å². The Morgan fingerprint density at radius 3 is 2.82 bits per heavy atom. The van der Waals surface area contributed by atoms with Crippen molar-refractivity contribution in [2.75, 3.05) is 20.5 Å². The van der Waals surface area contributed by atoms with Crippen LogP contribution in [0.15, 0.2) is 30.9 Å². The summed E-state index contributed by atoms with van der Waals surface area (Å²) in [6.07, 6.45) is 1.56. The van der Waals surface area contributed by atoms with Crippen molar-refractivity contribution in [3.8, 4) is 11.5 Å². The minimum atomic E-state index is -1.08. The van der Waals surface area contributed by atoms with Crippen LogP contribution in [0.1, 0.15) is 10.4 Å². The van der Waals surface area contributed by atoms with E-state index in [-0.39, 0.29) is 24.7 Å². The topological polar surface area (TPSA) is 65.0 Å². The summed E-state index contributed by atoms with van der Waals surface area (Å²) in [6.45, 7) is 3.74. The molecule has 0 unspecified atom stereocenters. The van der Waals surface area contributed by atoms with E-state index in [1.54, 1.807) is 18.2 Å². The van der Waals surface area contributed by atoms with Gasteiger partial charge in [-0.25, -0.2) is 4.79 Å². The number of carbonyl (C=O) groups is 1. The average Bonchev–Trinajstić information content (AvgIpc) is 2.33. The lowest BCUT2D eigenvalue weighted by atomic mass is 10.2. The molecule has 92 valence electrons. The summed E-state index contributed by atoms with van der Waals surface area (Å²) in [5.41, 5.74) is 0.0311. The van der Waals surface area contributed by atoms with Gasteiger partial charge < -0.3 is 19.3 Å². The van der Waals surface area contributed by atoms with E-state index in [4.69, 9.17) is 19.3 Å². The molecule has 0 spiro atoms. The summed E-state index contributed by atoms with van der Waals surface area (Å²) in [6, 6.07) is 4.65. The van der Waals surface area contributed by atoms with Crippen LogP contribution in [0.5, 0.6) is 11.5 Å². The van der Waals surface area contributed by atoms with Crippen LogP contribution in [-0.2, 0) is 4.74 Å². The summed E-state index contributed by atoms with van der Waals surface area (Å²) in [5.74, 6) is -0.578. The number of hydrogen-bond donors (Lipinski definition) is 1.